The van der Waals surface area contributed by atoms with Crippen LogP contribution in [0.3, 0.4) is 0 Å². The highest BCUT2D eigenvalue weighted by molar-refractivity contribution is 7.26. The lowest BCUT2D eigenvalue weighted by Gasteiger charge is -2.14. The molecule has 2 N–H and O–H groups in total. The molecule has 0 aliphatic heterocycles. The van der Waals surface area contributed by atoms with Crippen molar-refractivity contribution in [2.75, 3.05) is 7.05 Å². The molecule has 2 nitrogen and oxygen atoms in total. The zero-order valence-electron chi connectivity index (χ0n) is 20.4. The molecule has 3 heteroatoms. The first-order valence-corrected chi connectivity index (χ1v) is 13.2. The van der Waals surface area contributed by atoms with Gasteiger partial charge in [-0.2, -0.15) is 0 Å². The fourth-order valence-electron chi connectivity index (χ4n) is 5.58. The van der Waals surface area contributed by atoms with Crippen LogP contribution in [0.2, 0.25) is 0 Å². The monoisotopic (exact) mass is 492 g/mol. The maximum atomic E-state index is 6.90. The summed E-state index contributed by atoms with van der Waals surface area (Å²) in [6.07, 6.45) is 2.02. The number of rotatable bonds is 4. The van der Waals surface area contributed by atoms with Crippen LogP contribution in [0.15, 0.2) is 120 Å². The van der Waals surface area contributed by atoms with Crippen molar-refractivity contribution in [1.29, 1.82) is 0 Å². The van der Waals surface area contributed by atoms with Gasteiger partial charge >= 0.3 is 0 Å². The van der Waals surface area contributed by atoms with Crippen LogP contribution >= 0.6 is 11.3 Å². The fraction of sp³-hybridized carbons (Fsp3) is 0.0294. The Kier molecular flexibility index (Phi) is 5.05. The van der Waals surface area contributed by atoms with Crippen LogP contribution < -0.4 is 5.73 Å². The third-order valence-electron chi connectivity index (χ3n) is 7.26. The highest BCUT2D eigenvalue weighted by Gasteiger charge is 2.19. The van der Waals surface area contributed by atoms with E-state index in [9.17, 15) is 0 Å². The van der Waals surface area contributed by atoms with E-state index in [4.69, 9.17) is 5.73 Å². The molecule has 1 heterocycles. The second-order valence-electron chi connectivity index (χ2n) is 9.34. The number of fused-ring (bicyclic) bond motifs is 3. The van der Waals surface area contributed by atoms with Crippen LogP contribution in [0.25, 0.3) is 58.5 Å². The lowest BCUT2D eigenvalue weighted by atomic mass is 9.90. The van der Waals surface area contributed by atoms with Crippen LogP contribution in [-0.4, -0.2) is 12.8 Å². The minimum atomic E-state index is 0.719. The summed E-state index contributed by atoms with van der Waals surface area (Å²) in [4.78, 5) is 4.63. The van der Waals surface area contributed by atoms with Gasteiger partial charge in [0.2, 0.25) is 0 Å². The molecule has 0 aliphatic rings. The SMILES string of the molecule is CN=C(C=C(N)c1ccc2sc3cccc4c5ccccc5c1c2c34)c1cccc(-c2ccccc2)c1. The molecule has 1 aromatic heterocycles. The van der Waals surface area contributed by atoms with E-state index >= 15 is 0 Å². The number of aliphatic imine (C=N–C) groups is 1. The highest BCUT2D eigenvalue weighted by Crippen LogP contribution is 2.46. The molecule has 0 radical (unpaired) electrons. The summed E-state index contributed by atoms with van der Waals surface area (Å²) in [5, 5.41) is 7.68. The standard InChI is InChI=1S/C34H24N2S/c1-36-29(23-12-7-11-22(19-23)21-9-3-2-4-10-21)20-28(35)27-17-18-31-34-32(27)25-14-6-5-13-24(25)26-15-8-16-30(37-31)33(26)34/h2-20H,35H2,1H3. The van der Waals surface area contributed by atoms with Crippen LogP contribution in [0.4, 0.5) is 0 Å². The fourth-order valence-corrected chi connectivity index (χ4v) is 6.72. The lowest BCUT2D eigenvalue weighted by Crippen LogP contribution is -2.04. The smallest absolute Gasteiger partial charge is 0.0664 e. The van der Waals surface area contributed by atoms with E-state index in [1.165, 1.54) is 47.3 Å². The van der Waals surface area contributed by atoms with E-state index in [2.05, 4.69) is 108 Å². The third kappa shape index (κ3) is 3.43. The second-order valence-corrected chi connectivity index (χ2v) is 10.4. The average Bonchev–Trinajstić information content (AvgIpc) is 3.35. The van der Waals surface area contributed by atoms with Crippen molar-refractivity contribution in [3.63, 3.8) is 0 Å². The van der Waals surface area contributed by atoms with E-state index in [0.717, 1.165) is 28.1 Å². The molecule has 0 saturated heterocycles. The number of hydrogen-bond acceptors (Lipinski definition) is 3. The molecule has 0 amide bonds. The van der Waals surface area contributed by atoms with Crippen LogP contribution in [0.1, 0.15) is 11.1 Å². The summed E-state index contributed by atoms with van der Waals surface area (Å²) in [5.74, 6) is 0. The van der Waals surface area contributed by atoms with Crippen LogP contribution in [0, 0.1) is 0 Å². The minimum absolute atomic E-state index is 0.719. The molecule has 0 spiro atoms. The molecule has 176 valence electrons. The molecule has 0 atom stereocenters. The molecular weight excluding hydrogens is 468 g/mol. The van der Waals surface area contributed by atoms with E-state index in [0.29, 0.717) is 0 Å². The van der Waals surface area contributed by atoms with Crippen LogP contribution in [-0.2, 0) is 0 Å². The number of allylic oxidation sites excluding steroid dienone is 1. The Hall–Kier alpha value is -4.47. The Labute approximate surface area is 219 Å². The zero-order valence-corrected chi connectivity index (χ0v) is 21.2. The Morgan fingerprint density at radius 2 is 1.32 bits per heavy atom. The first-order valence-electron chi connectivity index (χ1n) is 12.4. The first-order chi connectivity index (χ1) is 18.2. The molecule has 0 aliphatic carbocycles. The molecular formula is C34H24N2S. The summed E-state index contributed by atoms with van der Waals surface area (Å²) in [6, 6.07) is 38.6. The van der Waals surface area contributed by atoms with E-state index in [-0.39, 0.29) is 0 Å². The number of nitrogens with two attached hydrogens (primary N) is 1. The largest absolute Gasteiger partial charge is 0.398 e. The molecule has 0 saturated carbocycles. The van der Waals surface area contributed by atoms with Gasteiger partial charge in [-0.1, -0.05) is 91.0 Å². The molecule has 0 bridgehead atoms. The topological polar surface area (TPSA) is 38.4 Å². The van der Waals surface area contributed by atoms with E-state index < -0.39 is 0 Å². The third-order valence-corrected chi connectivity index (χ3v) is 8.38. The summed E-state index contributed by atoms with van der Waals surface area (Å²) < 4.78 is 2.61. The van der Waals surface area contributed by atoms with Crippen molar-refractivity contribution in [3.05, 3.63) is 126 Å². The maximum Gasteiger partial charge on any atom is 0.0664 e. The predicted octanol–water partition coefficient (Wildman–Crippen LogP) is 8.88. The minimum Gasteiger partial charge on any atom is -0.398 e. The van der Waals surface area contributed by atoms with Crippen molar-refractivity contribution in [2.24, 2.45) is 10.7 Å². The average molecular weight is 493 g/mol. The Morgan fingerprint density at radius 3 is 2.16 bits per heavy atom. The Balaban J connectivity index is 1.43. The van der Waals surface area contributed by atoms with Crippen molar-refractivity contribution < 1.29 is 0 Å². The van der Waals surface area contributed by atoms with Crippen molar-refractivity contribution in [1.82, 2.24) is 0 Å². The summed E-state index contributed by atoms with van der Waals surface area (Å²) >= 11 is 1.85. The van der Waals surface area contributed by atoms with E-state index in [1.54, 1.807) is 0 Å². The van der Waals surface area contributed by atoms with Gasteiger partial charge in [-0.25, -0.2) is 0 Å². The van der Waals surface area contributed by atoms with Crippen molar-refractivity contribution in [2.45, 2.75) is 0 Å². The lowest BCUT2D eigenvalue weighted by molar-refractivity contribution is 1.43. The number of hydrogen-bond donors (Lipinski definition) is 1. The van der Waals surface area contributed by atoms with Gasteiger partial charge in [0.15, 0.2) is 0 Å². The maximum absolute atomic E-state index is 6.90. The summed E-state index contributed by atoms with van der Waals surface area (Å²) in [7, 11) is 1.83. The van der Waals surface area contributed by atoms with Gasteiger partial charge in [0.25, 0.3) is 0 Å². The quantitative estimate of drug-likeness (QED) is 0.193. The van der Waals surface area contributed by atoms with Gasteiger partial charge in [-0.15, -0.1) is 11.3 Å². The normalized spacial score (nSPS) is 12.9. The van der Waals surface area contributed by atoms with Gasteiger partial charge < -0.3 is 5.73 Å². The summed E-state index contributed by atoms with van der Waals surface area (Å²) in [6.45, 7) is 0. The molecule has 7 rings (SSSR count). The molecule has 0 fully saturated rings. The number of thiophene rings is 1. The highest BCUT2D eigenvalue weighted by atomic mass is 32.1. The van der Waals surface area contributed by atoms with Gasteiger partial charge in [-0.3, -0.25) is 4.99 Å². The molecule has 7 aromatic rings. The van der Waals surface area contributed by atoms with E-state index in [1.807, 2.05) is 30.5 Å². The van der Waals surface area contributed by atoms with Crippen LogP contribution in [0.5, 0.6) is 0 Å². The Morgan fingerprint density at radius 1 is 0.649 bits per heavy atom. The summed E-state index contributed by atoms with van der Waals surface area (Å²) in [5.41, 5.74) is 12.9. The number of nitrogens with zero attached hydrogens (tertiary/aromatic N) is 1. The molecule has 6 aromatic carbocycles. The predicted molar refractivity (Wildman–Crippen MR) is 162 cm³/mol. The van der Waals surface area contributed by atoms with Crippen molar-refractivity contribution in [3.8, 4) is 11.1 Å². The van der Waals surface area contributed by atoms with Gasteiger partial charge in [0.05, 0.1) is 5.71 Å². The van der Waals surface area contributed by atoms with Crippen molar-refractivity contribution >= 4 is 64.5 Å². The molecule has 0 unspecified atom stereocenters. The zero-order chi connectivity index (χ0) is 24.9. The van der Waals surface area contributed by atoms with Gasteiger partial charge in [0, 0.05) is 49.4 Å². The molecule has 37 heavy (non-hydrogen) atoms. The second kappa shape index (κ2) is 8.58. The number of benzene rings is 6. The Bertz CT molecular complexity index is 1990. The first kappa shape index (κ1) is 21.8. The van der Waals surface area contributed by atoms with Gasteiger partial charge in [0.1, 0.15) is 0 Å². The van der Waals surface area contributed by atoms with Gasteiger partial charge in [-0.05, 0) is 51.6 Å².